The van der Waals surface area contributed by atoms with Gasteiger partial charge in [-0.2, -0.15) is 0 Å². The van der Waals surface area contributed by atoms with Crippen molar-refractivity contribution in [1.29, 1.82) is 0 Å². The van der Waals surface area contributed by atoms with Gasteiger partial charge in [-0.1, -0.05) is 50.2 Å². The molecule has 0 saturated heterocycles. The third-order valence-corrected chi connectivity index (χ3v) is 4.65. The molecule has 4 heteroatoms. The topological polar surface area (TPSA) is 36.1 Å². The summed E-state index contributed by atoms with van der Waals surface area (Å²) in [4.78, 5) is 0. The lowest BCUT2D eigenvalue weighted by molar-refractivity contribution is 1.09. The van der Waals surface area contributed by atoms with Gasteiger partial charge in [-0.05, 0) is 72.6 Å². The van der Waals surface area contributed by atoms with E-state index in [0.717, 1.165) is 35.6 Å². The molecule has 0 fully saturated rings. The lowest BCUT2D eigenvalue weighted by atomic mass is 10.0. The lowest BCUT2D eigenvalue weighted by Crippen LogP contribution is -2.20. The van der Waals surface area contributed by atoms with E-state index in [2.05, 4.69) is 48.0 Å². The average molecular weight is 376 g/mol. The second-order valence-electron chi connectivity index (χ2n) is 6.31. The Kier molecular flexibility index (Phi) is 6.44. The van der Waals surface area contributed by atoms with Crippen molar-refractivity contribution in [3.05, 3.63) is 83.9 Å². The molecule has 0 bridgehead atoms. The van der Waals surface area contributed by atoms with Crippen LogP contribution in [-0.2, 0) is 12.8 Å². The molecule has 27 heavy (non-hydrogen) atoms. The highest BCUT2D eigenvalue weighted by molar-refractivity contribution is 7.80. The Balaban J connectivity index is 1.65. The van der Waals surface area contributed by atoms with Crippen LogP contribution in [0.4, 0.5) is 22.7 Å². The SMILES string of the molecule is CCc1cccc(CC)c1NC(=S)Nc1ccc(Nc2ccccc2)cc1. The van der Waals surface area contributed by atoms with Crippen LogP contribution in [0.2, 0.25) is 0 Å². The van der Waals surface area contributed by atoms with Crippen LogP contribution in [0.1, 0.15) is 25.0 Å². The Morgan fingerprint density at radius 2 is 1.22 bits per heavy atom. The Morgan fingerprint density at radius 1 is 0.667 bits per heavy atom. The van der Waals surface area contributed by atoms with E-state index in [1.54, 1.807) is 0 Å². The van der Waals surface area contributed by atoms with Gasteiger partial charge in [-0.25, -0.2) is 0 Å². The Labute approximate surface area is 166 Å². The minimum Gasteiger partial charge on any atom is -0.356 e. The van der Waals surface area contributed by atoms with Crippen LogP contribution < -0.4 is 16.0 Å². The zero-order chi connectivity index (χ0) is 19.1. The summed E-state index contributed by atoms with van der Waals surface area (Å²) in [6.45, 7) is 4.32. The molecule has 0 unspecified atom stereocenters. The summed E-state index contributed by atoms with van der Waals surface area (Å²) in [5, 5.41) is 10.6. The fourth-order valence-corrected chi connectivity index (χ4v) is 3.22. The van der Waals surface area contributed by atoms with Gasteiger partial charge in [-0.15, -0.1) is 0 Å². The van der Waals surface area contributed by atoms with E-state index in [1.807, 2.05) is 54.6 Å². The average Bonchev–Trinajstić information content (AvgIpc) is 2.70. The van der Waals surface area contributed by atoms with Crippen molar-refractivity contribution in [1.82, 2.24) is 0 Å². The van der Waals surface area contributed by atoms with Gasteiger partial charge in [0.25, 0.3) is 0 Å². The smallest absolute Gasteiger partial charge is 0.175 e. The number of aryl methyl sites for hydroxylation is 2. The van der Waals surface area contributed by atoms with Crippen molar-refractivity contribution < 1.29 is 0 Å². The third kappa shape index (κ3) is 5.08. The van der Waals surface area contributed by atoms with Crippen LogP contribution >= 0.6 is 12.2 Å². The number of nitrogens with one attached hydrogen (secondary N) is 3. The normalized spacial score (nSPS) is 10.3. The largest absolute Gasteiger partial charge is 0.356 e. The molecular weight excluding hydrogens is 350 g/mol. The first kappa shape index (κ1) is 18.9. The monoisotopic (exact) mass is 375 g/mol. The molecular formula is C23H25N3S. The molecule has 3 N–H and O–H groups in total. The minimum atomic E-state index is 0.606. The molecule has 0 aliphatic rings. The zero-order valence-electron chi connectivity index (χ0n) is 15.8. The summed E-state index contributed by atoms with van der Waals surface area (Å²) in [7, 11) is 0. The first-order valence-electron chi connectivity index (χ1n) is 9.30. The summed E-state index contributed by atoms with van der Waals surface area (Å²) in [5.74, 6) is 0. The van der Waals surface area contributed by atoms with Crippen LogP contribution in [-0.4, -0.2) is 5.11 Å². The predicted octanol–water partition coefficient (Wildman–Crippen LogP) is 6.36. The molecule has 138 valence electrons. The first-order chi connectivity index (χ1) is 13.2. The minimum absolute atomic E-state index is 0.606. The summed E-state index contributed by atoms with van der Waals surface area (Å²) in [6.07, 6.45) is 1.94. The Morgan fingerprint density at radius 3 is 1.81 bits per heavy atom. The second-order valence-corrected chi connectivity index (χ2v) is 6.71. The fraction of sp³-hybridized carbons (Fsp3) is 0.174. The number of hydrogen-bond donors (Lipinski definition) is 3. The van der Waals surface area contributed by atoms with Crippen LogP contribution in [0.25, 0.3) is 0 Å². The molecule has 3 aromatic rings. The van der Waals surface area contributed by atoms with E-state index in [0.29, 0.717) is 5.11 Å². The molecule has 0 amide bonds. The maximum absolute atomic E-state index is 5.53. The van der Waals surface area contributed by atoms with Crippen LogP contribution in [0.15, 0.2) is 72.8 Å². The number of hydrogen-bond acceptors (Lipinski definition) is 2. The Bertz CT molecular complexity index is 867. The molecule has 0 atom stereocenters. The molecule has 3 rings (SSSR count). The molecule has 0 aliphatic carbocycles. The number of thiocarbonyl (C=S) groups is 1. The van der Waals surface area contributed by atoms with E-state index >= 15 is 0 Å². The van der Waals surface area contributed by atoms with Crippen molar-refractivity contribution in [3.8, 4) is 0 Å². The highest BCUT2D eigenvalue weighted by atomic mass is 32.1. The van der Waals surface area contributed by atoms with Crippen molar-refractivity contribution in [3.63, 3.8) is 0 Å². The zero-order valence-corrected chi connectivity index (χ0v) is 16.6. The standard InChI is InChI=1S/C23H25N3S/c1-3-17-9-8-10-18(4-2)22(17)26-23(27)25-21-15-13-20(14-16-21)24-19-11-6-5-7-12-19/h5-16,24H,3-4H2,1-2H3,(H2,25,26,27). The van der Waals surface area contributed by atoms with Crippen molar-refractivity contribution in [2.24, 2.45) is 0 Å². The van der Waals surface area contributed by atoms with Gasteiger partial charge in [0.1, 0.15) is 0 Å². The van der Waals surface area contributed by atoms with Gasteiger partial charge < -0.3 is 16.0 Å². The van der Waals surface area contributed by atoms with E-state index in [-0.39, 0.29) is 0 Å². The van der Waals surface area contributed by atoms with Gasteiger partial charge in [0.15, 0.2) is 5.11 Å². The maximum Gasteiger partial charge on any atom is 0.175 e. The van der Waals surface area contributed by atoms with Gasteiger partial charge in [0.2, 0.25) is 0 Å². The molecule has 3 nitrogen and oxygen atoms in total. The molecule has 0 aliphatic heterocycles. The van der Waals surface area contributed by atoms with Gasteiger partial charge >= 0.3 is 0 Å². The van der Waals surface area contributed by atoms with Crippen LogP contribution in [0.5, 0.6) is 0 Å². The predicted molar refractivity (Wildman–Crippen MR) is 121 cm³/mol. The number of para-hydroxylation sites is 2. The molecule has 0 heterocycles. The number of rotatable bonds is 6. The third-order valence-electron chi connectivity index (χ3n) is 4.44. The summed E-state index contributed by atoms with van der Waals surface area (Å²) >= 11 is 5.53. The van der Waals surface area contributed by atoms with Crippen molar-refractivity contribution in [2.45, 2.75) is 26.7 Å². The summed E-state index contributed by atoms with van der Waals surface area (Å²) < 4.78 is 0. The van der Waals surface area contributed by atoms with Crippen molar-refractivity contribution >= 4 is 40.1 Å². The fourth-order valence-electron chi connectivity index (χ4n) is 3.00. The molecule has 0 spiro atoms. The van der Waals surface area contributed by atoms with Gasteiger partial charge in [0.05, 0.1) is 0 Å². The van der Waals surface area contributed by atoms with E-state index in [1.165, 1.54) is 11.1 Å². The van der Waals surface area contributed by atoms with Gasteiger partial charge in [-0.3, -0.25) is 0 Å². The van der Waals surface area contributed by atoms with E-state index in [9.17, 15) is 0 Å². The summed E-state index contributed by atoms with van der Waals surface area (Å²) in [5.41, 5.74) is 6.75. The molecule has 3 aromatic carbocycles. The quantitative estimate of drug-likeness (QED) is 0.438. The molecule has 0 saturated carbocycles. The Hall–Kier alpha value is -2.85. The second kappa shape index (κ2) is 9.19. The van der Waals surface area contributed by atoms with Crippen molar-refractivity contribution in [2.75, 3.05) is 16.0 Å². The first-order valence-corrected chi connectivity index (χ1v) is 9.71. The highest BCUT2D eigenvalue weighted by Gasteiger charge is 2.08. The summed E-state index contributed by atoms with van der Waals surface area (Å²) in [6, 6.07) is 24.6. The van der Waals surface area contributed by atoms with E-state index < -0.39 is 0 Å². The highest BCUT2D eigenvalue weighted by Crippen LogP contribution is 2.23. The maximum atomic E-state index is 5.53. The number of benzene rings is 3. The van der Waals surface area contributed by atoms with Crippen LogP contribution in [0.3, 0.4) is 0 Å². The molecule has 0 aromatic heterocycles. The molecule has 0 radical (unpaired) electrons. The number of anilines is 4. The lowest BCUT2D eigenvalue weighted by Gasteiger charge is -2.17. The van der Waals surface area contributed by atoms with Gasteiger partial charge in [0, 0.05) is 22.7 Å². The van der Waals surface area contributed by atoms with E-state index in [4.69, 9.17) is 12.2 Å². The van der Waals surface area contributed by atoms with Crippen LogP contribution in [0, 0.1) is 0 Å².